The maximum absolute atomic E-state index is 13.1. The molecule has 1 N–H and O–H groups in total. The van der Waals surface area contributed by atoms with Gasteiger partial charge >= 0.3 is 0 Å². The fraction of sp³-hybridized carbons (Fsp3) is 0.348. The van der Waals surface area contributed by atoms with Crippen molar-refractivity contribution in [3.8, 4) is 5.75 Å². The minimum Gasteiger partial charge on any atom is -0.507 e. The number of amides is 1. The Morgan fingerprint density at radius 1 is 1.03 bits per heavy atom. The highest BCUT2D eigenvalue weighted by Crippen LogP contribution is 2.43. The smallest absolute Gasteiger partial charge is 0.295 e. The van der Waals surface area contributed by atoms with E-state index in [-0.39, 0.29) is 17.4 Å². The van der Waals surface area contributed by atoms with Crippen molar-refractivity contribution in [1.82, 2.24) is 9.88 Å². The van der Waals surface area contributed by atoms with Crippen LogP contribution in [0.1, 0.15) is 49.3 Å². The standard InChI is InChI=1S/C23H24N2O4/c1-29-18-9-7-15(8-10-18)20-19(21(26)16-11-13-24-14-12-16)22(27)23(28)25(20)17-5-3-2-4-6-17/h7-14,17,20,26H,2-6H2,1H3/b21-19-. The van der Waals surface area contributed by atoms with E-state index in [2.05, 4.69) is 4.98 Å². The molecule has 1 unspecified atom stereocenters. The zero-order valence-corrected chi connectivity index (χ0v) is 16.4. The summed E-state index contributed by atoms with van der Waals surface area (Å²) >= 11 is 0. The van der Waals surface area contributed by atoms with Crippen LogP contribution in [0.25, 0.3) is 5.76 Å². The number of ketones is 1. The predicted molar refractivity (Wildman–Crippen MR) is 108 cm³/mol. The van der Waals surface area contributed by atoms with Gasteiger partial charge in [0, 0.05) is 24.0 Å². The van der Waals surface area contributed by atoms with Gasteiger partial charge in [-0.3, -0.25) is 14.6 Å². The number of likely N-dealkylation sites (tertiary alicyclic amines) is 1. The molecule has 1 aliphatic heterocycles. The molecule has 2 heterocycles. The number of carbonyl (C=O) groups is 2. The largest absolute Gasteiger partial charge is 0.507 e. The number of carbonyl (C=O) groups excluding carboxylic acids is 2. The quantitative estimate of drug-likeness (QED) is 0.486. The zero-order valence-electron chi connectivity index (χ0n) is 16.4. The summed E-state index contributed by atoms with van der Waals surface area (Å²) in [6.07, 6.45) is 8.05. The summed E-state index contributed by atoms with van der Waals surface area (Å²) in [4.78, 5) is 31.7. The predicted octanol–water partition coefficient (Wildman–Crippen LogP) is 3.84. The third-order valence-electron chi connectivity index (χ3n) is 5.83. The number of hydrogen-bond donors (Lipinski definition) is 1. The van der Waals surface area contributed by atoms with Gasteiger partial charge in [-0.05, 0) is 42.7 Å². The number of Topliss-reactive ketones (excluding diaryl/α,β-unsaturated/α-hetero) is 1. The maximum Gasteiger partial charge on any atom is 0.295 e. The Kier molecular flexibility index (Phi) is 5.34. The SMILES string of the molecule is COc1ccc(C2/C(=C(/O)c3ccncc3)C(=O)C(=O)N2C2CCCCC2)cc1. The number of aliphatic hydroxyl groups excluding tert-OH is 1. The monoisotopic (exact) mass is 392 g/mol. The first-order chi connectivity index (χ1) is 14.1. The number of pyridine rings is 1. The molecule has 1 saturated heterocycles. The van der Waals surface area contributed by atoms with Gasteiger partial charge in [0.2, 0.25) is 0 Å². The number of hydrogen-bond acceptors (Lipinski definition) is 5. The second-order valence-corrected chi connectivity index (χ2v) is 7.51. The van der Waals surface area contributed by atoms with Crippen LogP contribution in [0.4, 0.5) is 0 Å². The van der Waals surface area contributed by atoms with Crippen molar-refractivity contribution in [3.05, 3.63) is 65.5 Å². The average Bonchev–Trinajstić information content (AvgIpc) is 3.05. The van der Waals surface area contributed by atoms with Crippen LogP contribution < -0.4 is 4.74 Å². The van der Waals surface area contributed by atoms with Crippen molar-refractivity contribution in [2.75, 3.05) is 7.11 Å². The first-order valence-electron chi connectivity index (χ1n) is 9.96. The number of ether oxygens (including phenoxy) is 1. The molecule has 1 aliphatic carbocycles. The fourth-order valence-electron chi connectivity index (χ4n) is 4.36. The molecule has 1 saturated carbocycles. The third-order valence-corrected chi connectivity index (χ3v) is 5.83. The lowest BCUT2D eigenvalue weighted by molar-refractivity contribution is -0.141. The molecule has 4 rings (SSSR count). The number of benzene rings is 1. The Morgan fingerprint density at radius 2 is 1.69 bits per heavy atom. The van der Waals surface area contributed by atoms with Crippen LogP contribution in [0.2, 0.25) is 0 Å². The molecular formula is C23H24N2O4. The van der Waals surface area contributed by atoms with Gasteiger partial charge in [-0.1, -0.05) is 31.4 Å². The van der Waals surface area contributed by atoms with Gasteiger partial charge in [-0.15, -0.1) is 0 Å². The fourth-order valence-corrected chi connectivity index (χ4v) is 4.36. The summed E-state index contributed by atoms with van der Waals surface area (Å²) in [7, 11) is 1.59. The summed E-state index contributed by atoms with van der Waals surface area (Å²) in [6, 6.07) is 9.97. The summed E-state index contributed by atoms with van der Waals surface area (Å²) in [6.45, 7) is 0. The van der Waals surface area contributed by atoms with Gasteiger partial charge in [0.15, 0.2) is 0 Å². The summed E-state index contributed by atoms with van der Waals surface area (Å²) in [5.74, 6) is -0.638. The lowest BCUT2D eigenvalue weighted by Gasteiger charge is -2.35. The highest BCUT2D eigenvalue weighted by atomic mass is 16.5. The molecule has 0 spiro atoms. The number of nitrogens with zero attached hydrogens (tertiary/aromatic N) is 2. The summed E-state index contributed by atoms with van der Waals surface area (Å²) in [5.41, 5.74) is 1.39. The van der Waals surface area contributed by atoms with Gasteiger partial charge < -0.3 is 14.7 Å². The van der Waals surface area contributed by atoms with Crippen molar-refractivity contribution in [3.63, 3.8) is 0 Å². The van der Waals surface area contributed by atoms with Gasteiger partial charge in [0.25, 0.3) is 11.7 Å². The molecule has 2 aliphatic rings. The summed E-state index contributed by atoms with van der Waals surface area (Å²) in [5, 5.41) is 11.0. The topological polar surface area (TPSA) is 79.7 Å². The Morgan fingerprint density at radius 3 is 2.31 bits per heavy atom. The molecule has 1 amide bonds. The molecule has 2 aromatic rings. The van der Waals surface area contributed by atoms with Gasteiger partial charge in [-0.2, -0.15) is 0 Å². The van der Waals surface area contributed by atoms with Crippen LogP contribution in [0.5, 0.6) is 5.75 Å². The van der Waals surface area contributed by atoms with Crippen molar-refractivity contribution in [1.29, 1.82) is 0 Å². The van der Waals surface area contributed by atoms with Crippen molar-refractivity contribution in [2.45, 2.75) is 44.2 Å². The average molecular weight is 392 g/mol. The number of aromatic nitrogens is 1. The van der Waals surface area contributed by atoms with Crippen molar-refractivity contribution in [2.24, 2.45) is 0 Å². The van der Waals surface area contributed by atoms with Crippen molar-refractivity contribution < 1.29 is 19.4 Å². The second-order valence-electron chi connectivity index (χ2n) is 7.51. The molecular weight excluding hydrogens is 368 g/mol. The van der Waals surface area contributed by atoms with Crippen molar-refractivity contribution >= 4 is 17.4 Å². The second kappa shape index (κ2) is 8.07. The molecule has 150 valence electrons. The first-order valence-corrected chi connectivity index (χ1v) is 9.96. The highest BCUT2D eigenvalue weighted by molar-refractivity contribution is 6.46. The minimum absolute atomic E-state index is 0.00459. The number of aliphatic hydroxyl groups is 1. The molecule has 6 nitrogen and oxygen atoms in total. The first kappa shape index (κ1) is 19.2. The normalized spacial score (nSPS) is 22.1. The Bertz CT molecular complexity index is 931. The van der Waals surface area contributed by atoms with Gasteiger partial charge in [0.05, 0.1) is 18.7 Å². The lowest BCUT2D eigenvalue weighted by Crippen LogP contribution is -2.40. The molecule has 1 atom stereocenters. The molecule has 6 heteroatoms. The van der Waals surface area contributed by atoms with Crippen LogP contribution in [-0.2, 0) is 9.59 Å². The summed E-state index contributed by atoms with van der Waals surface area (Å²) < 4.78 is 5.25. The van der Waals surface area contributed by atoms with Gasteiger partial charge in [0.1, 0.15) is 11.5 Å². The molecule has 29 heavy (non-hydrogen) atoms. The molecule has 0 bridgehead atoms. The third kappa shape index (κ3) is 3.50. The van der Waals surface area contributed by atoms with Gasteiger partial charge in [-0.25, -0.2) is 0 Å². The van der Waals surface area contributed by atoms with E-state index in [1.807, 2.05) is 24.3 Å². The molecule has 2 fully saturated rings. The van der Waals surface area contributed by atoms with E-state index in [0.29, 0.717) is 11.3 Å². The Hall–Kier alpha value is -3.15. The minimum atomic E-state index is -0.634. The molecule has 1 aromatic heterocycles. The van der Waals surface area contributed by atoms with E-state index in [1.54, 1.807) is 36.5 Å². The van der Waals surface area contributed by atoms with E-state index in [9.17, 15) is 14.7 Å². The van der Waals surface area contributed by atoms with Crippen LogP contribution >= 0.6 is 0 Å². The van der Waals surface area contributed by atoms with E-state index >= 15 is 0 Å². The number of methoxy groups -OCH3 is 1. The van der Waals surface area contributed by atoms with E-state index < -0.39 is 17.7 Å². The van der Waals surface area contributed by atoms with Crippen LogP contribution in [0.3, 0.4) is 0 Å². The zero-order chi connectivity index (χ0) is 20.4. The molecule has 1 aromatic carbocycles. The van der Waals surface area contributed by atoms with Crippen LogP contribution in [0, 0.1) is 0 Å². The van der Waals surface area contributed by atoms with E-state index in [4.69, 9.17) is 4.74 Å². The molecule has 0 radical (unpaired) electrons. The van der Waals surface area contributed by atoms with Crippen LogP contribution in [0.15, 0.2) is 54.4 Å². The Labute approximate surface area is 169 Å². The lowest BCUT2D eigenvalue weighted by atomic mass is 9.91. The van der Waals surface area contributed by atoms with E-state index in [1.165, 1.54) is 0 Å². The maximum atomic E-state index is 13.1. The Balaban J connectivity index is 1.85. The van der Waals surface area contributed by atoms with E-state index in [0.717, 1.165) is 37.7 Å². The number of rotatable bonds is 4. The van der Waals surface area contributed by atoms with Crippen LogP contribution in [-0.4, -0.2) is 39.8 Å². The highest BCUT2D eigenvalue weighted by Gasteiger charge is 2.48.